The molecular formula is C22H20ClNO4S. The number of carbonyl (C=O) groups is 1. The number of hydrogen-bond acceptors (Lipinski definition) is 4. The molecule has 5 nitrogen and oxygen atoms in total. The van der Waals surface area contributed by atoms with Crippen LogP contribution in [0.2, 0.25) is 5.02 Å². The lowest BCUT2D eigenvalue weighted by Crippen LogP contribution is -2.29. The summed E-state index contributed by atoms with van der Waals surface area (Å²) in [6.07, 6.45) is 0. The van der Waals surface area contributed by atoms with Crippen LogP contribution in [0.4, 0.5) is 0 Å². The minimum absolute atomic E-state index is 0.174. The molecule has 1 atom stereocenters. The molecule has 0 aliphatic rings. The van der Waals surface area contributed by atoms with Gasteiger partial charge in [-0.05, 0) is 54.4 Å². The number of aryl methyl sites for hydroxylation is 1. The second-order valence-corrected chi connectivity index (χ2v) is 8.68. The Morgan fingerprint density at radius 2 is 1.41 bits per heavy atom. The maximum Gasteiger partial charge on any atom is 0.337 e. The summed E-state index contributed by atoms with van der Waals surface area (Å²) in [7, 11) is -2.48. The highest BCUT2D eigenvalue weighted by Crippen LogP contribution is 2.26. The summed E-state index contributed by atoms with van der Waals surface area (Å²) in [4.78, 5) is 11.9. The number of ether oxygens (including phenoxy) is 1. The largest absolute Gasteiger partial charge is 0.465 e. The molecule has 0 heterocycles. The molecular weight excluding hydrogens is 410 g/mol. The molecule has 0 bridgehead atoms. The van der Waals surface area contributed by atoms with Crippen molar-refractivity contribution in [3.63, 3.8) is 0 Å². The second-order valence-electron chi connectivity index (χ2n) is 6.53. The lowest BCUT2D eigenvalue weighted by molar-refractivity contribution is 0.0600. The van der Waals surface area contributed by atoms with Gasteiger partial charge in [0.05, 0.1) is 23.6 Å². The summed E-state index contributed by atoms with van der Waals surface area (Å²) >= 11 is 5.99. The van der Waals surface area contributed by atoms with Crippen LogP contribution in [0.5, 0.6) is 0 Å². The van der Waals surface area contributed by atoms with Crippen LogP contribution >= 0.6 is 11.6 Å². The number of halogens is 1. The zero-order valence-corrected chi connectivity index (χ0v) is 17.5. The third-order valence-corrected chi connectivity index (χ3v) is 6.16. The fourth-order valence-corrected chi connectivity index (χ4v) is 4.19. The summed E-state index contributed by atoms with van der Waals surface area (Å²) in [5.41, 5.74) is 2.75. The van der Waals surface area contributed by atoms with Gasteiger partial charge in [-0.2, -0.15) is 4.72 Å². The zero-order valence-electron chi connectivity index (χ0n) is 15.9. The average Bonchev–Trinajstić information content (AvgIpc) is 2.73. The molecule has 0 radical (unpaired) electrons. The standard InChI is InChI=1S/C22H20ClNO4S/c1-15-3-13-20(14-4-15)29(26,27)24-21(17-9-11-19(23)12-10-17)16-5-7-18(8-6-16)22(25)28-2/h3-14,21,24H,1-2H3/t21-/m1/s1. The van der Waals surface area contributed by atoms with Gasteiger partial charge in [0, 0.05) is 5.02 Å². The number of benzene rings is 3. The highest BCUT2D eigenvalue weighted by atomic mass is 35.5. The highest BCUT2D eigenvalue weighted by molar-refractivity contribution is 7.89. The normalized spacial score (nSPS) is 12.4. The third-order valence-electron chi connectivity index (χ3n) is 4.47. The molecule has 7 heteroatoms. The van der Waals surface area contributed by atoms with Crippen LogP contribution in [-0.2, 0) is 14.8 Å². The van der Waals surface area contributed by atoms with Gasteiger partial charge >= 0.3 is 5.97 Å². The van der Waals surface area contributed by atoms with E-state index in [4.69, 9.17) is 16.3 Å². The minimum Gasteiger partial charge on any atom is -0.465 e. The maximum absolute atomic E-state index is 13.0. The first-order valence-electron chi connectivity index (χ1n) is 8.83. The first kappa shape index (κ1) is 21.0. The van der Waals surface area contributed by atoms with E-state index in [2.05, 4.69) is 4.72 Å². The first-order chi connectivity index (χ1) is 13.8. The minimum atomic E-state index is -3.79. The number of nitrogens with one attached hydrogen (secondary N) is 1. The van der Waals surface area contributed by atoms with Gasteiger partial charge in [-0.25, -0.2) is 13.2 Å². The summed E-state index contributed by atoms with van der Waals surface area (Å²) in [5, 5.41) is 0.551. The van der Waals surface area contributed by atoms with E-state index in [0.29, 0.717) is 16.1 Å². The van der Waals surface area contributed by atoms with E-state index < -0.39 is 22.0 Å². The van der Waals surface area contributed by atoms with Gasteiger partial charge in [0.25, 0.3) is 0 Å². The lowest BCUT2D eigenvalue weighted by Gasteiger charge is -2.20. The van der Waals surface area contributed by atoms with Gasteiger partial charge in [-0.3, -0.25) is 0 Å². The Hall–Kier alpha value is -2.67. The predicted octanol–water partition coefficient (Wildman–Crippen LogP) is 4.50. The molecule has 0 unspecified atom stereocenters. The molecule has 3 rings (SSSR count). The molecule has 0 fully saturated rings. The lowest BCUT2D eigenvalue weighted by atomic mass is 9.98. The number of sulfonamides is 1. The van der Waals surface area contributed by atoms with Crippen LogP contribution in [0.15, 0.2) is 77.7 Å². The van der Waals surface area contributed by atoms with E-state index >= 15 is 0 Å². The van der Waals surface area contributed by atoms with Crippen molar-refractivity contribution in [2.45, 2.75) is 17.9 Å². The van der Waals surface area contributed by atoms with Crippen molar-refractivity contribution in [3.8, 4) is 0 Å². The molecule has 0 saturated heterocycles. The molecule has 0 spiro atoms. The van der Waals surface area contributed by atoms with Crippen LogP contribution < -0.4 is 4.72 Å². The summed E-state index contributed by atoms with van der Waals surface area (Å²) in [6.45, 7) is 1.89. The van der Waals surface area contributed by atoms with E-state index in [0.717, 1.165) is 11.1 Å². The van der Waals surface area contributed by atoms with Gasteiger partial charge in [-0.15, -0.1) is 0 Å². The number of rotatable bonds is 6. The molecule has 3 aromatic carbocycles. The smallest absolute Gasteiger partial charge is 0.337 e. The fourth-order valence-electron chi connectivity index (χ4n) is 2.85. The van der Waals surface area contributed by atoms with Crippen molar-refractivity contribution in [2.75, 3.05) is 7.11 Å². The number of hydrogen-bond donors (Lipinski definition) is 1. The second kappa shape index (κ2) is 8.78. The van der Waals surface area contributed by atoms with Gasteiger partial charge in [0.15, 0.2) is 0 Å². The quantitative estimate of drug-likeness (QED) is 0.585. The van der Waals surface area contributed by atoms with Gasteiger partial charge in [0.1, 0.15) is 0 Å². The van der Waals surface area contributed by atoms with Crippen molar-refractivity contribution in [1.82, 2.24) is 4.72 Å². The Kier molecular flexibility index (Phi) is 6.37. The first-order valence-corrected chi connectivity index (χ1v) is 10.7. The number of carbonyl (C=O) groups excluding carboxylic acids is 1. The van der Waals surface area contributed by atoms with Crippen LogP contribution in [0.25, 0.3) is 0 Å². The predicted molar refractivity (Wildman–Crippen MR) is 113 cm³/mol. The molecule has 0 aliphatic heterocycles. The van der Waals surface area contributed by atoms with E-state index in [1.807, 2.05) is 6.92 Å². The van der Waals surface area contributed by atoms with E-state index in [9.17, 15) is 13.2 Å². The van der Waals surface area contributed by atoms with E-state index in [-0.39, 0.29) is 4.90 Å². The zero-order chi connectivity index (χ0) is 21.0. The number of esters is 1. The molecule has 29 heavy (non-hydrogen) atoms. The summed E-state index contributed by atoms with van der Waals surface area (Å²) in [6, 6.07) is 19.5. The van der Waals surface area contributed by atoms with Crippen molar-refractivity contribution in [3.05, 3.63) is 100 Å². The topological polar surface area (TPSA) is 72.5 Å². The summed E-state index contributed by atoms with van der Waals surface area (Å²) in [5.74, 6) is -0.458. The third kappa shape index (κ3) is 5.03. The average molecular weight is 430 g/mol. The van der Waals surface area contributed by atoms with E-state index in [1.165, 1.54) is 7.11 Å². The molecule has 0 amide bonds. The monoisotopic (exact) mass is 429 g/mol. The Morgan fingerprint density at radius 1 is 0.897 bits per heavy atom. The Bertz CT molecular complexity index is 1090. The van der Waals surface area contributed by atoms with Crippen molar-refractivity contribution in [1.29, 1.82) is 0 Å². The molecule has 150 valence electrons. The van der Waals surface area contributed by atoms with Gasteiger partial charge in [-0.1, -0.05) is 53.6 Å². The van der Waals surface area contributed by atoms with Crippen LogP contribution in [-0.4, -0.2) is 21.5 Å². The molecule has 0 saturated carbocycles. The molecule has 1 N–H and O–H groups in total. The molecule has 0 aromatic heterocycles. The van der Waals surface area contributed by atoms with Gasteiger partial charge in [0.2, 0.25) is 10.0 Å². The van der Waals surface area contributed by atoms with Crippen LogP contribution in [0.3, 0.4) is 0 Å². The SMILES string of the molecule is COC(=O)c1ccc([C@@H](NS(=O)(=O)c2ccc(C)cc2)c2ccc(Cl)cc2)cc1. The molecule has 0 aliphatic carbocycles. The van der Waals surface area contributed by atoms with Crippen molar-refractivity contribution < 1.29 is 17.9 Å². The fraction of sp³-hybridized carbons (Fsp3) is 0.136. The molecule has 3 aromatic rings. The van der Waals surface area contributed by atoms with Crippen molar-refractivity contribution in [2.24, 2.45) is 0 Å². The summed E-state index contributed by atoms with van der Waals surface area (Å²) < 4.78 is 33.4. The van der Waals surface area contributed by atoms with Gasteiger partial charge < -0.3 is 4.74 Å². The highest BCUT2D eigenvalue weighted by Gasteiger charge is 2.23. The van der Waals surface area contributed by atoms with E-state index in [1.54, 1.807) is 72.8 Å². The van der Waals surface area contributed by atoms with Crippen LogP contribution in [0, 0.1) is 6.92 Å². The Balaban J connectivity index is 2.00. The Morgan fingerprint density at radius 3 is 1.93 bits per heavy atom. The number of methoxy groups -OCH3 is 1. The Labute approximate surface area is 175 Å². The van der Waals surface area contributed by atoms with Crippen LogP contribution in [0.1, 0.15) is 33.1 Å². The van der Waals surface area contributed by atoms with Crippen molar-refractivity contribution >= 4 is 27.6 Å². The maximum atomic E-state index is 13.0.